The lowest BCUT2D eigenvalue weighted by Gasteiger charge is -2.19. The molecule has 104 valence electrons. The minimum absolute atomic E-state index is 0.0407. The van der Waals surface area contributed by atoms with Crippen LogP contribution in [0.3, 0.4) is 0 Å². The van der Waals surface area contributed by atoms with E-state index in [1.807, 2.05) is 18.2 Å². The van der Waals surface area contributed by atoms with Crippen molar-refractivity contribution >= 4 is 17.5 Å². The van der Waals surface area contributed by atoms with Crippen LogP contribution in [0.5, 0.6) is 0 Å². The van der Waals surface area contributed by atoms with Gasteiger partial charge in [-0.3, -0.25) is 9.80 Å². The highest BCUT2D eigenvalue weighted by Crippen LogP contribution is 2.24. The molecule has 0 bridgehead atoms. The van der Waals surface area contributed by atoms with E-state index in [0.29, 0.717) is 10.6 Å². The molecule has 0 aromatic heterocycles. The molecule has 2 aromatic carbocycles. The predicted molar refractivity (Wildman–Crippen MR) is 79.1 cm³/mol. The number of nitrogens with one attached hydrogen (secondary N) is 1. The quantitative estimate of drug-likeness (QED) is 0.624. The van der Waals surface area contributed by atoms with E-state index in [9.17, 15) is 4.39 Å². The molecule has 1 atom stereocenters. The van der Waals surface area contributed by atoms with Crippen molar-refractivity contribution in [3.8, 4) is 0 Å². The molecular weight excluding hydrogens is 277 g/mol. The van der Waals surface area contributed by atoms with Crippen molar-refractivity contribution in [3.63, 3.8) is 0 Å². The van der Waals surface area contributed by atoms with E-state index in [1.165, 1.54) is 0 Å². The Morgan fingerprint density at radius 3 is 2.35 bits per heavy atom. The number of alkyl halides is 1. The smallest absolute Gasteiger partial charge is 0.213 e. The first-order chi connectivity index (χ1) is 9.70. The van der Waals surface area contributed by atoms with Crippen LogP contribution in [0, 0.1) is 5.41 Å². The van der Waals surface area contributed by atoms with Crippen LogP contribution in [0.15, 0.2) is 54.6 Å². The zero-order chi connectivity index (χ0) is 14.4. The minimum Gasteiger partial charge on any atom is -0.469 e. The highest BCUT2D eigenvalue weighted by Gasteiger charge is 2.15. The van der Waals surface area contributed by atoms with Crippen LogP contribution in [-0.2, 0) is 4.74 Å². The number of benzene rings is 2. The summed E-state index contributed by atoms with van der Waals surface area (Å²) in [5.41, 5.74) is 1.48. The lowest BCUT2D eigenvalue weighted by Crippen LogP contribution is -2.12. The second kappa shape index (κ2) is 7.06. The molecule has 20 heavy (non-hydrogen) atoms. The number of halogens is 2. The van der Waals surface area contributed by atoms with Crippen LogP contribution in [0.25, 0.3) is 0 Å². The Labute approximate surface area is 122 Å². The van der Waals surface area contributed by atoms with Crippen LogP contribution in [0.1, 0.15) is 23.7 Å². The topological polar surface area (TPSA) is 33.1 Å². The van der Waals surface area contributed by atoms with Gasteiger partial charge in [0.05, 0.1) is 6.67 Å². The Balaban J connectivity index is 2.13. The van der Waals surface area contributed by atoms with E-state index >= 15 is 0 Å². The summed E-state index contributed by atoms with van der Waals surface area (Å²) in [7, 11) is 0. The van der Waals surface area contributed by atoms with E-state index in [0.717, 1.165) is 5.56 Å². The maximum Gasteiger partial charge on any atom is 0.213 e. The molecule has 2 nitrogen and oxygen atoms in total. The molecule has 0 heterocycles. The molecule has 0 aliphatic rings. The lowest BCUT2D eigenvalue weighted by molar-refractivity contribution is 0.168. The fourth-order valence-electron chi connectivity index (χ4n) is 1.87. The van der Waals surface area contributed by atoms with Crippen molar-refractivity contribution in [1.82, 2.24) is 0 Å². The summed E-state index contributed by atoms with van der Waals surface area (Å²) >= 11 is 5.84. The predicted octanol–water partition coefficient (Wildman–Crippen LogP) is 4.78. The summed E-state index contributed by atoms with van der Waals surface area (Å²) in [6.45, 7) is -0.505. The Morgan fingerprint density at radius 1 is 1.10 bits per heavy atom. The molecule has 0 unspecified atom stereocenters. The summed E-state index contributed by atoms with van der Waals surface area (Å²) < 4.78 is 18.3. The molecule has 2 aromatic rings. The number of rotatable bonds is 5. The number of hydrogen-bond acceptors (Lipinski definition) is 2. The van der Waals surface area contributed by atoms with Crippen LogP contribution in [0.2, 0.25) is 5.02 Å². The van der Waals surface area contributed by atoms with Crippen LogP contribution >= 0.6 is 11.6 Å². The van der Waals surface area contributed by atoms with Crippen LogP contribution in [0.4, 0.5) is 4.39 Å². The highest BCUT2D eigenvalue weighted by atomic mass is 35.5. The maximum absolute atomic E-state index is 12.7. The van der Waals surface area contributed by atoms with Crippen molar-refractivity contribution in [2.45, 2.75) is 12.5 Å². The normalized spacial score (nSPS) is 11.9. The molecule has 0 saturated heterocycles. The number of ether oxygens (including phenoxy) is 1. The van der Waals surface area contributed by atoms with Crippen molar-refractivity contribution in [2.24, 2.45) is 0 Å². The minimum atomic E-state index is -0.505. The van der Waals surface area contributed by atoms with Gasteiger partial charge in [-0.25, -0.2) is 0 Å². The van der Waals surface area contributed by atoms with E-state index in [2.05, 4.69) is 0 Å². The van der Waals surface area contributed by atoms with Gasteiger partial charge in [0.25, 0.3) is 0 Å². The van der Waals surface area contributed by atoms with E-state index in [1.54, 1.807) is 36.4 Å². The molecule has 0 aliphatic carbocycles. The third-order valence-corrected chi connectivity index (χ3v) is 3.16. The summed E-state index contributed by atoms with van der Waals surface area (Å²) in [4.78, 5) is 0. The third-order valence-electron chi connectivity index (χ3n) is 2.91. The second-order valence-electron chi connectivity index (χ2n) is 4.33. The average Bonchev–Trinajstić information content (AvgIpc) is 2.48. The van der Waals surface area contributed by atoms with E-state index < -0.39 is 12.8 Å². The van der Waals surface area contributed by atoms with Gasteiger partial charge in [-0.05, 0) is 29.8 Å². The molecule has 0 amide bonds. The highest BCUT2D eigenvalue weighted by molar-refractivity contribution is 6.30. The Hall–Kier alpha value is -1.87. The molecule has 0 saturated carbocycles. The molecule has 0 spiro atoms. The average molecular weight is 292 g/mol. The first-order valence-electron chi connectivity index (χ1n) is 6.33. The standard InChI is InChI=1S/C16H15ClFNO/c17-14-8-6-12(7-9-14)15(10-11-18)20-16(19)13-4-2-1-3-5-13/h1-9,15,19H,10-11H2/t15-/m0/s1. The first-order valence-corrected chi connectivity index (χ1v) is 6.70. The maximum atomic E-state index is 12.7. The SMILES string of the molecule is N=C(O[C@@H](CCF)c1ccc(Cl)cc1)c1ccccc1. The molecule has 0 radical (unpaired) electrons. The second-order valence-corrected chi connectivity index (χ2v) is 4.77. The van der Waals surface area contributed by atoms with Gasteiger partial charge in [-0.1, -0.05) is 41.9 Å². The van der Waals surface area contributed by atoms with Gasteiger partial charge in [-0.15, -0.1) is 0 Å². The Bertz CT molecular complexity index is 556. The van der Waals surface area contributed by atoms with Gasteiger partial charge in [0.15, 0.2) is 0 Å². The van der Waals surface area contributed by atoms with Crippen molar-refractivity contribution < 1.29 is 9.13 Å². The molecule has 1 N–H and O–H groups in total. The van der Waals surface area contributed by atoms with Gasteiger partial charge >= 0.3 is 0 Å². The van der Waals surface area contributed by atoms with Crippen molar-refractivity contribution in [1.29, 1.82) is 5.41 Å². The summed E-state index contributed by atoms with van der Waals surface area (Å²) in [6, 6.07) is 16.2. The summed E-state index contributed by atoms with van der Waals surface area (Å²) in [5.74, 6) is 0.0407. The molecule has 0 aliphatic heterocycles. The summed E-state index contributed by atoms with van der Waals surface area (Å²) in [5, 5.41) is 8.58. The largest absolute Gasteiger partial charge is 0.469 e. The Morgan fingerprint density at radius 2 is 1.75 bits per heavy atom. The van der Waals surface area contributed by atoms with E-state index in [4.69, 9.17) is 21.7 Å². The zero-order valence-electron chi connectivity index (χ0n) is 10.9. The van der Waals surface area contributed by atoms with Gasteiger partial charge < -0.3 is 4.74 Å². The van der Waals surface area contributed by atoms with Gasteiger partial charge in [-0.2, -0.15) is 0 Å². The van der Waals surface area contributed by atoms with Crippen molar-refractivity contribution in [3.05, 3.63) is 70.7 Å². The fraction of sp³-hybridized carbons (Fsp3) is 0.188. The Kier molecular flexibility index (Phi) is 5.13. The van der Waals surface area contributed by atoms with Gasteiger partial charge in [0.2, 0.25) is 5.90 Å². The summed E-state index contributed by atoms with van der Waals surface area (Å²) in [6.07, 6.45) is -0.276. The van der Waals surface area contributed by atoms with Crippen LogP contribution in [-0.4, -0.2) is 12.6 Å². The third kappa shape index (κ3) is 3.81. The molecule has 4 heteroatoms. The van der Waals surface area contributed by atoms with E-state index in [-0.39, 0.29) is 12.3 Å². The van der Waals surface area contributed by atoms with Gasteiger partial charge in [0.1, 0.15) is 6.10 Å². The molecule has 0 fully saturated rings. The zero-order valence-corrected chi connectivity index (χ0v) is 11.6. The molecular formula is C16H15ClFNO. The van der Waals surface area contributed by atoms with Gasteiger partial charge in [0, 0.05) is 17.0 Å². The van der Waals surface area contributed by atoms with Crippen LogP contribution < -0.4 is 0 Å². The fourth-order valence-corrected chi connectivity index (χ4v) is 2.00. The monoisotopic (exact) mass is 291 g/mol. The first kappa shape index (κ1) is 14.5. The molecule has 2 rings (SSSR count). The lowest BCUT2D eigenvalue weighted by atomic mass is 10.1. The van der Waals surface area contributed by atoms with Crippen molar-refractivity contribution in [2.75, 3.05) is 6.67 Å². The number of hydrogen-bond donors (Lipinski definition) is 1.